The first-order valence-electron chi connectivity index (χ1n) is 24.5. The minimum atomic E-state index is -1.99. The summed E-state index contributed by atoms with van der Waals surface area (Å²) in [6.45, 7) is 18.0. The van der Waals surface area contributed by atoms with E-state index in [1.54, 1.807) is 46.8 Å². The highest BCUT2D eigenvalue weighted by molar-refractivity contribution is 5.89. The summed E-state index contributed by atoms with van der Waals surface area (Å²) in [5.41, 5.74) is -3.33. The molecule has 388 valence electrons. The number of ether oxygens (including phenoxy) is 6. The van der Waals surface area contributed by atoms with Gasteiger partial charge in [-0.2, -0.15) is 0 Å². The Morgan fingerprint density at radius 1 is 0.783 bits per heavy atom. The number of aldehydes is 1. The molecule has 6 fully saturated rings. The molecule has 7 rings (SSSR count). The molecule has 7 aliphatic rings. The van der Waals surface area contributed by atoms with Crippen molar-refractivity contribution in [3.8, 4) is 0 Å². The van der Waals surface area contributed by atoms with E-state index in [9.17, 15) is 60.0 Å². The second-order valence-corrected chi connectivity index (χ2v) is 22.9. The largest absolute Gasteiger partial charge is 0.479 e. The Labute approximate surface area is 404 Å². The highest BCUT2D eigenvalue weighted by Crippen LogP contribution is 2.76. The van der Waals surface area contributed by atoms with Crippen molar-refractivity contribution in [3.63, 3.8) is 0 Å². The zero-order valence-corrected chi connectivity index (χ0v) is 41.6. The van der Waals surface area contributed by atoms with Crippen molar-refractivity contribution < 1.29 is 88.5 Å². The Kier molecular flexibility index (Phi) is 14.8. The number of rotatable bonds is 11. The van der Waals surface area contributed by atoms with Gasteiger partial charge in [0, 0.05) is 16.6 Å². The van der Waals surface area contributed by atoms with Gasteiger partial charge in [0.05, 0.1) is 36.3 Å². The first-order valence-corrected chi connectivity index (χ1v) is 24.5. The Hall–Kier alpha value is -3.14. The van der Waals surface area contributed by atoms with Crippen LogP contribution < -0.4 is 0 Å². The van der Waals surface area contributed by atoms with Gasteiger partial charge in [-0.3, -0.25) is 0 Å². The molecule has 0 radical (unpaired) electrons. The van der Waals surface area contributed by atoms with Crippen LogP contribution in [0.2, 0.25) is 0 Å². The molecular weight excluding hydrogens is 901 g/mol. The summed E-state index contributed by atoms with van der Waals surface area (Å²) in [7, 11) is 0. The molecule has 21 atom stereocenters. The van der Waals surface area contributed by atoms with Gasteiger partial charge in [0.1, 0.15) is 49.0 Å². The first kappa shape index (κ1) is 53.7. The van der Waals surface area contributed by atoms with Crippen LogP contribution in [0.5, 0.6) is 0 Å². The molecule has 69 heavy (non-hydrogen) atoms. The van der Waals surface area contributed by atoms with Crippen LogP contribution in [0.25, 0.3) is 0 Å². The second kappa shape index (κ2) is 19.0. The van der Waals surface area contributed by atoms with E-state index in [2.05, 4.69) is 26.8 Å². The van der Waals surface area contributed by atoms with E-state index in [-0.39, 0.29) is 24.7 Å². The molecule has 0 aromatic rings. The molecule has 5 aliphatic carbocycles. The zero-order valence-electron chi connectivity index (χ0n) is 41.6. The smallest absolute Gasteiger partial charge is 0.335 e. The van der Waals surface area contributed by atoms with Crippen molar-refractivity contribution in [1.82, 2.24) is 0 Å². The minimum Gasteiger partial charge on any atom is -0.479 e. The Bertz CT molecular complexity index is 2090. The number of fused-ring (bicyclic) bond motifs is 7. The number of allylic oxidation sites excluding steroid dienone is 4. The fourth-order valence-electron chi connectivity index (χ4n) is 14.5. The van der Waals surface area contributed by atoms with Gasteiger partial charge in [0.2, 0.25) is 0 Å². The van der Waals surface area contributed by atoms with Gasteiger partial charge in [0.15, 0.2) is 24.8 Å². The van der Waals surface area contributed by atoms with Crippen molar-refractivity contribution in [3.05, 3.63) is 34.9 Å². The van der Waals surface area contributed by atoms with E-state index >= 15 is 0 Å². The first-order chi connectivity index (χ1) is 32.2. The maximum atomic E-state index is 13.7. The fourth-order valence-corrected chi connectivity index (χ4v) is 14.5. The van der Waals surface area contributed by atoms with Crippen LogP contribution in [-0.2, 0) is 47.6 Å². The van der Waals surface area contributed by atoms with Crippen LogP contribution in [0.1, 0.15) is 114 Å². The molecule has 2 aliphatic heterocycles. The van der Waals surface area contributed by atoms with Crippen molar-refractivity contribution in [2.24, 2.45) is 50.2 Å². The maximum absolute atomic E-state index is 13.7. The Morgan fingerprint density at radius 3 is 1.99 bits per heavy atom. The predicted molar refractivity (Wildman–Crippen MR) is 243 cm³/mol. The quantitative estimate of drug-likeness (QED) is 0.0486. The van der Waals surface area contributed by atoms with Crippen molar-refractivity contribution >= 4 is 24.2 Å². The SMILES string of the molecule is C/C=C(/C)C(=O)O[C@H]1[C@H](OC(=O)/C(C)=C\C)[C@]2(CO)[C@H](O)C[C@]3(C)C(=CC[C@@H]4[C@@]5(C)CC[C@H](O[C@@H]6O[C@H](C(=O)O)[C@@H](O)[C@H](O[C@@H]7OC[C@H](O)[C@H](O)[C@H]7O)[C@H]6O)[C@@](C)(C=O)[C@@H]5CC[C@]43C)[C@H]2CC1(C)C. The average molecular weight is 977 g/mol. The van der Waals surface area contributed by atoms with Gasteiger partial charge in [-0.25, -0.2) is 14.4 Å². The summed E-state index contributed by atoms with van der Waals surface area (Å²) in [6.07, 6.45) is -10.7. The number of carbonyl (C=O) groups is 4. The lowest BCUT2D eigenvalue weighted by molar-refractivity contribution is -0.355. The molecule has 0 aromatic heterocycles. The number of aliphatic hydroxyl groups is 7. The molecule has 18 nitrogen and oxygen atoms in total. The molecule has 2 saturated heterocycles. The van der Waals surface area contributed by atoms with Gasteiger partial charge in [-0.1, -0.05) is 65.3 Å². The number of aliphatic carboxylic acids is 1. The lowest BCUT2D eigenvalue weighted by Crippen LogP contribution is -2.72. The third-order valence-electron chi connectivity index (χ3n) is 19.1. The van der Waals surface area contributed by atoms with E-state index in [0.29, 0.717) is 43.3 Å². The predicted octanol–water partition coefficient (Wildman–Crippen LogP) is 2.65. The second-order valence-electron chi connectivity index (χ2n) is 22.9. The number of carboxylic acids is 1. The number of hydrogen-bond acceptors (Lipinski definition) is 17. The molecule has 0 spiro atoms. The van der Waals surface area contributed by atoms with Crippen molar-refractivity contribution in [2.75, 3.05) is 13.2 Å². The Balaban J connectivity index is 1.20. The van der Waals surface area contributed by atoms with Gasteiger partial charge < -0.3 is 74.1 Å². The molecule has 8 N–H and O–H groups in total. The summed E-state index contributed by atoms with van der Waals surface area (Å²) in [6, 6.07) is 0. The van der Waals surface area contributed by atoms with E-state index < -0.39 is 149 Å². The van der Waals surface area contributed by atoms with Crippen LogP contribution in [-0.4, -0.2) is 158 Å². The highest BCUT2D eigenvalue weighted by Gasteiger charge is 2.74. The van der Waals surface area contributed by atoms with E-state index in [1.807, 2.05) is 13.8 Å². The normalized spacial score (nSPS) is 48.6. The molecule has 0 bridgehead atoms. The van der Waals surface area contributed by atoms with E-state index in [4.69, 9.17) is 28.4 Å². The summed E-state index contributed by atoms with van der Waals surface area (Å²) in [5, 5.41) is 88.0. The van der Waals surface area contributed by atoms with Crippen LogP contribution in [0.3, 0.4) is 0 Å². The summed E-state index contributed by atoms with van der Waals surface area (Å²) in [5.74, 6) is -3.65. The monoisotopic (exact) mass is 977 g/mol. The van der Waals surface area contributed by atoms with Crippen LogP contribution in [0, 0.1) is 50.2 Å². The maximum Gasteiger partial charge on any atom is 0.335 e. The van der Waals surface area contributed by atoms with Crippen molar-refractivity contribution in [1.29, 1.82) is 0 Å². The minimum absolute atomic E-state index is 0.0387. The standard InChI is InChI=1S/C51H76O18/c1-11-24(3)42(62)68-39-40(69-43(63)25(4)12-2)51(23-53)27(19-46(39,5)6)26-13-14-30-47(7)17-16-32(48(8,22-52)29(47)15-18-49(30,9)50(26,10)20-31(51)55)65-45-36(59)37(35(58)38(67-45)41(60)61)66-44-34(57)33(56)28(54)21-64-44/h11-13,22,27-40,44-45,53-59H,14-21,23H2,1-10H3,(H,60,61)/b24-11-,25-12-/t27-,28+,29-,30-,31-,32+,33+,34-,35+,36-,37+,38+,39+,40+,44+,45-,47+,48+,49-,50-,51+/m1/s1. The molecule has 2 heterocycles. The van der Waals surface area contributed by atoms with Crippen molar-refractivity contribution in [2.45, 2.75) is 194 Å². The van der Waals surface area contributed by atoms with Crippen LogP contribution in [0.4, 0.5) is 0 Å². The molecule has 0 amide bonds. The van der Waals surface area contributed by atoms with E-state index in [0.717, 1.165) is 11.9 Å². The van der Waals surface area contributed by atoms with Crippen LogP contribution >= 0.6 is 0 Å². The summed E-state index contributed by atoms with van der Waals surface area (Å²) < 4.78 is 35.8. The number of hydrogen-bond donors (Lipinski definition) is 8. The van der Waals surface area contributed by atoms with Gasteiger partial charge in [-0.15, -0.1) is 0 Å². The molecule has 18 heteroatoms. The number of carbonyl (C=O) groups excluding carboxylic acids is 3. The van der Waals surface area contributed by atoms with Gasteiger partial charge >= 0.3 is 17.9 Å². The topological polar surface area (TPSA) is 285 Å². The molecular formula is C51H76O18. The van der Waals surface area contributed by atoms with Crippen LogP contribution in [0.15, 0.2) is 34.9 Å². The lowest BCUT2D eigenvalue weighted by atomic mass is 9.33. The van der Waals surface area contributed by atoms with Gasteiger partial charge in [0.25, 0.3) is 0 Å². The molecule has 0 unspecified atom stereocenters. The number of aliphatic hydroxyl groups excluding tert-OH is 7. The molecule has 0 aromatic carbocycles. The third kappa shape index (κ3) is 8.29. The summed E-state index contributed by atoms with van der Waals surface area (Å²) in [4.78, 5) is 53.3. The Morgan fingerprint density at radius 2 is 1.41 bits per heavy atom. The third-order valence-corrected chi connectivity index (χ3v) is 19.1. The van der Waals surface area contributed by atoms with E-state index in [1.165, 1.54) is 0 Å². The average Bonchev–Trinajstić information content (AvgIpc) is 3.29. The number of esters is 2. The lowest BCUT2D eigenvalue weighted by Gasteiger charge is -2.72. The highest BCUT2D eigenvalue weighted by atomic mass is 16.7. The summed E-state index contributed by atoms with van der Waals surface area (Å²) >= 11 is 0. The van der Waals surface area contributed by atoms with Gasteiger partial charge in [-0.05, 0) is 107 Å². The fraction of sp³-hybridized carbons (Fsp3) is 0.804. The molecule has 4 saturated carbocycles. The zero-order chi connectivity index (χ0) is 51.1. The number of carboxylic acid groups (broad SMARTS) is 1.